The molecule has 0 unspecified atom stereocenters. The first-order valence-electron chi connectivity index (χ1n) is 11.5. The second-order valence-electron chi connectivity index (χ2n) is 8.76. The molecule has 0 spiro atoms. The number of hydrogen-bond acceptors (Lipinski definition) is 4. The van der Waals surface area contributed by atoms with Crippen LogP contribution in [0.2, 0.25) is 0 Å². The second kappa shape index (κ2) is 10.1. The molecule has 1 atom stereocenters. The molecule has 1 saturated heterocycles. The molecule has 0 aromatic heterocycles. The molecular formula is C27H31N3O3S. The summed E-state index contributed by atoms with van der Waals surface area (Å²) in [6.07, 6.45) is 0. The van der Waals surface area contributed by atoms with Crippen LogP contribution < -0.4 is 5.32 Å². The van der Waals surface area contributed by atoms with E-state index in [4.69, 9.17) is 0 Å². The van der Waals surface area contributed by atoms with Gasteiger partial charge < -0.3 is 5.32 Å². The second-order valence-corrected chi connectivity index (χ2v) is 10.7. The maximum Gasteiger partial charge on any atom is 0.243 e. The number of para-hydroxylation sites is 1. The van der Waals surface area contributed by atoms with Crippen LogP contribution in [-0.4, -0.2) is 55.8 Å². The van der Waals surface area contributed by atoms with Gasteiger partial charge in [-0.25, -0.2) is 8.42 Å². The highest BCUT2D eigenvalue weighted by atomic mass is 32.2. The van der Waals surface area contributed by atoms with Gasteiger partial charge in [-0.2, -0.15) is 4.31 Å². The third kappa shape index (κ3) is 5.06. The van der Waals surface area contributed by atoms with Crippen molar-refractivity contribution in [2.24, 2.45) is 0 Å². The first-order valence-corrected chi connectivity index (χ1v) is 13.0. The summed E-state index contributed by atoms with van der Waals surface area (Å²) in [6.45, 7) is 7.46. The predicted molar refractivity (Wildman–Crippen MR) is 136 cm³/mol. The van der Waals surface area contributed by atoms with Crippen LogP contribution in [0.3, 0.4) is 0 Å². The average molecular weight is 478 g/mol. The molecule has 1 aliphatic heterocycles. The van der Waals surface area contributed by atoms with Gasteiger partial charge in [0.25, 0.3) is 0 Å². The lowest BCUT2D eigenvalue weighted by molar-refractivity contribution is -0.121. The van der Waals surface area contributed by atoms with Gasteiger partial charge in [0.2, 0.25) is 15.9 Å². The molecule has 3 aromatic carbocycles. The quantitative estimate of drug-likeness (QED) is 0.575. The number of aryl methyl sites for hydroxylation is 2. The summed E-state index contributed by atoms with van der Waals surface area (Å²) in [5.41, 5.74) is 4.80. The number of piperazine rings is 1. The third-order valence-electron chi connectivity index (χ3n) is 6.59. The summed E-state index contributed by atoms with van der Waals surface area (Å²) in [6, 6.07) is 22.6. The van der Waals surface area contributed by atoms with E-state index in [2.05, 4.69) is 5.32 Å². The Labute approximate surface area is 202 Å². The summed E-state index contributed by atoms with van der Waals surface area (Å²) >= 11 is 0. The van der Waals surface area contributed by atoms with Crippen molar-refractivity contribution < 1.29 is 13.2 Å². The zero-order valence-electron chi connectivity index (χ0n) is 19.9. The molecule has 34 heavy (non-hydrogen) atoms. The third-order valence-corrected chi connectivity index (χ3v) is 8.48. The largest absolute Gasteiger partial charge is 0.324 e. The Morgan fingerprint density at radius 3 is 2.18 bits per heavy atom. The van der Waals surface area contributed by atoms with E-state index in [1.165, 1.54) is 4.31 Å². The number of carbonyl (C=O) groups is 1. The van der Waals surface area contributed by atoms with Gasteiger partial charge in [-0.1, -0.05) is 54.6 Å². The normalized spacial score (nSPS) is 16.2. The smallest absolute Gasteiger partial charge is 0.243 e. The minimum absolute atomic E-state index is 0.103. The topological polar surface area (TPSA) is 69.7 Å². The molecule has 3 aromatic rings. The molecule has 1 heterocycles. The average Bonchev–Trinajstić information content (AvgIpc) is 2.86. The lowest BCUT2D eigenvalue weighted by Gasteiger charge is -2.36. The van der Waals surface area contributed by atoms with E-state index in [1.807, 2.05) is 86.3 Å². The van der Waals surface area contributed by atoms with Gasteiger partial charge in [0.15, 0.2) is 0 Å². The van der Waals surface area contributed by atoms with Gasteiger partial charge in [-0.15, -0.1) is 0 Å². The molecule has 1 N–H and O–H groups in total. The molecule has 4 rings (SSSR count). The highest BCUT2D eigenvalue weighted by Gasteiger charge is 2.32. The van der Waals surface area contributed by atoms with Crippen molar-refractivity contribution in [1.82, 2.24) is 9.21 Å². The fraction of sp³-hybridized carbons (Fsp3) is 0.296. The molecule has 0 radical (unpaired) electrons. The molecular weight excluding hydrogens is 446 g/mol. The minimum Gasteiger partial charge on any atom is -0.324 e. The summed E-state index contributed by atoms with van der Waals surface area (Å²) < 4.78 is 27.7. The highest BCUT2D eigenvalue weighted by molar-refractivity contribution is 7.89. The minimum atomic E-state index is -3.55. The van der Waals surface area contributed by atoms with Crippen LogP contribution in [0.4, 0.5) is 5.69 Å². The van der Waals surface area contributed by atoms with Crippen LogP contribution in [-0.2, 0) is 14.8 Å². The number of sulfonamides is 1. The van der Waals surface area contributed by atoms with Crippen molar-refractivity contribution in [2.45, 2.75) is 31.7 Å². The highest BCUT2D eigenvalue weighted by Crippen LogP contribution is 2.28. The van der Waals surface area contributed by atoms with E-state index in [0.29, 0.717) is 31.1 Å². The Morgan fingerprint density at radius 1 is 0.853 bits per heavy atom. The van der Waals surface area contributed by atoms with Gasteiger partial charge in [-0.05, 0) is 55.7 Å². The number of nitrogens with zero attached hydrogens (tertiary/aromatic N) is 2. The van der Waals surface area contributed by atoms with Crippen LogP contribution in [0.1, 0.15) is 18.1 Å². The monoisotopic (exact) mass is 477 g/mol. The van der Waals surface area contributed by atoms with E-state index in [1.54, 1.807) is 12.1 Å². The fourth-order valence-electron chi connectivity index (χ4n) is 4.22. The zero-order valence-corrected chi connectivity index (χ0v) is 20.7. The van der Waals surface area contributed by atoms with E-state index >= 15 is 0 Å². The van der Waals surface area contributed by atoms with Gasteiger partial charge >= 0.3 is 0 Å². The lowest BCUT2D eigenvalue weighted by Crippen LogP contribution is -2.53. The van der Waals surface area contributed by atoms with Crippen LogP contribution in [0.5, 0.6) is 0 Å². The molecule has 1 amide bonds. The van der Waals surface area contributed by atoms with Crippen LogP contribution in [0, 0.1) is 13.8 Å². The molecule has 1 aliphatic rings. The Kier molecular flexibility index (Phi) is 7.16. The maximum absolute atomic E-state index is 13.1. The van der Waals surface area contributed by atoms with Crippen LogP contribution in [0.15, 0.2) is 77.7 Å². The fourth-order valence-corrected chi connectivity index (χ4v) is 5.73. The lowest BCUT2D eigenvalue weighted by atomic mass is 10.0. The van der Waals surface area contributed by atoms with Crippen molar-refractivity contribution in [3.8, 4) is 11.1 Å². The van der Waals surface area contributed by atoms with E-state index < -0.39 is 10.0 Å². The van der Waals surface area contributed by atoms with Gasteiger partial charge in [0.1, 0.15) is 0 Å². The van der Waals surface area contributed by atoms with Crippen molar-refractivity contribution in [3.63, 3.8) is 0 Å². The molecule has 178 valence electrons. The first kappa shape index (κ1) is 24.1. The SMILES string of the molecule is Cc1ccc(S(=O)(=O)N2CCN([C@H](C)C(=O)Nc3ccccc3-c3ccccc3)CC2)cc1C. The number of amides is 1. The Morgan fingerprint density at radius 2 is 1.50 bits per heavy atom. The summed E-state index contributed by atoms with van der Waals surface area (Å²) in [4.78, 5) is 15.4. The van der Waals surface area contributed by atoms with Crippen molar-refractivity contribution in [3.05, 3.63) is 83.9 Å². The number of benzene rings is 3. The van der Waals surface area contributed by atoms with Crippen molar-refractivity contribution in [2.75, 3.05) is 31.5 Å². The van der Waals surface area contributed by atoms with Gasteiger partial charge in [-0.3, -0.25) is 9.69 Å². The van der Waals surface area contributed by atoms with Crippen molar-refractivity contribution in [1.29, 1.82) is 0 Å². The number of rotatable bonds is 6. The number of nitrogens with one attached hydrogen (secondary N) is 1. The molecule has 0 bridgehead atoms. The summed E-state index contributed by atoms with van der Waals surface area (Å²) in [5.74, 6) is -0.103. The van der Waals surface area contributed by atoms with E-state index in [0.717, 1.165) is 27.9 Å². The van der Waals surface area contributed by atoms with Crippen molar-refractivity contribution >= 4 is 21.6 Å². The predicted octanol–water partition coefficient (Wildman–Crippen LogP) is 4.30. The standard InChI is InChI=1S/C27H31N3O3S/c1-20-13-14-24(19-21(20)2)34(32,33)30-17-15-29(16-18-30)22(3)27(31)28-26-12-8-7-11-25(26)23-9-5-4-6-10-23/h4-14,19,22H,15-18H2,1-3H3,(H,28,31)/t22-/m1/s1. The Hall–Kier alpha value is -3.00. The molecule has 1 fully saturated rings. The molecule has 7 heteroatoms. The molecule has 0 aliphatic carbocycles. The summed E-state index contributed by atoms with van der Waals surface area (Å²) in [7, 11) is -3.55. The molecule has 0 saturated carbocycles. The van der Waals surface area contributed by atoms with E-state index in [-0.39, 0.29) is 11.9 Å². The van der Waals surface area contributed by atoms with Crippen LogP contribution in [0.25, 0.3) is 11.1 Å². The van der Waals surface area contributed by atoms with Gasteiger partial charge in [0, 0.05) is 37.4 Å². The number of hydrogen-bond donors (Lipinski definition) is 1. The first-order chi connectivity index (χ1) is 16.3. The van der Waals surface area contributed by atoms with Gasteiger partial charge in [0.05, 0.1) is 10.9 Å². The maximum atomic E-state index is 13.1. The summed E-state index contributed by atoms with van der Waals surface area (Å²) in [5, 5.41) is 3.07. The van der Waals surface area contributed by atoms with Crippen LogP contribution >= 0.6 is 0 Å². The Bertz CT molecular complexity index is 1270. The number of carbonyl (C=O) groups excluding carboxylic acids is 1. The van der Waals surface area contributed by atoms with E-state index in [9.17, 15) is 13.2 Å². The number of anilines is 1. The molecule has 6 nitrogen and oxygen atoms in total. The Balaban J connectivity index is 1.41. The zero-order chi connectivity index (χ0) is 24.3.